The van der Waals surface area contributed by atoms with Crippen molar-refractivity contribution in [3.63, 3.8) is 0 Å². The SMILES string of the molecule is CCCCc1nc2c(N)nc3ccc(C(C)=[N+](C)C(=O)CI)cc3c2n1Cc1ccc(OP(=O)(O)O)c(C)c1. The number of nitrogens with two attached hydrogens (primary N) is 1. The van der Waals surface area contributed by atoms with Crippen LogP contribution in [0, 0.1) is 6.92 Å². The van der Waals surface area contributed by atoms with Gasteiger partial charge in [-0.2, -0.15) is 4.58 Å². The van der Waals surface area contributed by atoms with E-state index in [9.17, 15) is 19.1 Å². The van der Waals surface area contributed by atoms with Gasteiger partial charge >= 0.3 is 13.7 Å². The molecule has 0 aliphatic rings. The molecule has 0 saturated heterocycles. The molecule has 12 heteroatoms. The van der Waals surface area contributed by atoms with Gasteiger partial charge in [-0.05, 0) is 48.7 Å². The number of imidazole rings is 1. The number of nitrogen functional groups attached to an aromatic ring is 1. The molecule has 10 nitrogen and oxygen atoms in total. The van der Waals surface area contributed by atoms with Crippen molar-refractivity contribution < 1.29 is 28.2 Å². The third kappa shape index (κ3) is 6.32. The van der Waals surface area contributed by atoms with Crippen molar-refractivity contribution in [2.75, 3.05) is 17.2 Å². The highest BCUT2D eigenvalue weighted by molar-refractivity contribution is 14.1. The van der Waals surface area contributed by atoms with Crippen LogP contribution >= 0.6 is 30.4 Å². The summed E-state index contributed by atoms with van der Waals surface area (Å²) in [5, 5.41) is 0.875. The van der Waals surface area contributed by atoms with Crippen LogP contribution in [0.2, 0.25) is 0 Å². The summed E-state index contributed by atoms with van der Waals surface area (Å²) in [5.41, 5.74) is 11.9. The fraction of sp³-hybridized carbons (Fsp3) is 0.333. The molecule has 0 atom stereocenters. The maximum absolute atomic E-state index is 12.3. The molecule has 0 aliphatic carbocycles. The van der Waals surface area contributed by atoms with Crippen molar-refractivity contribution in [1.82, 2.24) is 14.5 Å². The Kier molecular flexibility index (Phi) is 8.75. The lowest BCUT2D eigenvalue weighted by Crippen LogP contribution is -2.24. The monoisotopic (exact) mass is 664 g/mol. The van der Waals surface area contributed by atoms with Crippen LogP contribution in [0.25, 0.3) is 21.9 Å². The van der Waals surface area contributed by atoms with E-state index in [-0.39, 0.29) is 11.7 Å². The fourth-order valence-electron chi connectivity index (χ4n) is 4.57. The first-order valence-electron chi connectivity index (χ1n) is 12.5. The average molecular weight is 664 g/mol. The van der Waals surface area contributed by atoms with E-state index in [1.54, 1.807) is 30.7 Å². The number of rotatable bonds is 9. The first kappa shape index (κ1) is 29.1. The molecule has 0 spiro atoms. The Balaban J connectivity index is 1.92. The molecule has 0 unspecified atom stereocenters. The van der Waals surface area contributed by atoms with Gasteiger partial charge in [0, 0.05) is 30.8 Å². The zero-order valence-corrected chi connectivity index (χ0v) is 25.4. The Morgan fingerprint density at radius 1 is 1.21 bits per heavy atom. The van der Waals surface area contributed by atoms with Crippen LogP contribution in [0.4, 0.5) is 5.82 Å². The summed E-state index contributed by atoms with van der Waals surface area (Å²) in [4.78, 5) is 40.3. The number of aromatic nitrogens is 3. The summed E-state index contributed by atoms with van der Waals surface area (Å²) in [7, 11) is -2.89. The van der Waals surface area contributed by atoms with Crippen molar-refractivity contribution in [1.29, 1.82) is 0 Å². The van der Waals surface area contributed by atoms with E-state index in [1.165, 1.54) is 0 Å². The molecule has 2 heterocycles. The van der Waals surface area contributed by atoms with Crippen molar-refractivity contribution in [2.24, 2.45) is 0 Å². The molecule has 1 amide bonds. The summed E-state index contributed by atoms with van der Waals surface area (Å²) in [5.74, 6) is 1.38. The number of phosphoric acid groups is 1. The van der Waals surface area contributed by atoms with Crippen LogP contribution in [0.5, 0.6) is 5.75 Å². The minimum atomic E-state index is -4.66. The van der Waals surface area contributed by atoms with Crippen LogP contribution in [-0.4, -0.2) is 52.0 Å². The third-order valence-electron chi connectivity index (χ3n) is 6.74. The van der Waals surface area contributed by atoms with Gasteiger partial charge in [0.05, 0.1) is 11.0 Å². The normalized spacial score (nSPS) is 12.7. The lowest BCUT2D eigenvalue weighted by Gasteiger charge is -2.14. The number of carbonyl (C=O) groups excluding carboxylic acids is 1. The van der Waals surface area contributed by atoms with Crippen molar-refractivity contribution in [3.8, 4) is 5.75 Å². The lowest BCUT2D eigenvalue weighted by molar-refractivity contribution is -0.415. The number of amides is 1. The number of carbonyl (C=O) groups is 1. The number of alkyl halides is 1. The molecule has 0 saturated carbocycles. The summed E-state index contributed by atoms with van der Waals surface area (Å²) >= 11 is 2.06. The Bertz CT molecular complexity index is 1660. The zero-order valence-electron chi connectivity index (χ0n) is 22.3. The molecule has 206 valence electrons. The van der Waals surface area contributed by atoms with Gasteiger partial charge in [-0.15, -0.1) is 0 Å². The Morgan fingerprint density at radius 2 is 1.95 bits per heavy atom. The number of nitrogens with zero attached hydrogens (tertiary/aromatic N) is 4. The molecule has 0 fully saturated rings. The maximum Gasteiger partial charge on any atom is 0.524 e. The van der Waals surface area contributed by atoms with E-state index in [1.807, 2.05) is 31.2 Å². The van der Waals surface area contributed by atoms with Crippen molar-refractivity contribution in [2.45, 2.75) is 46.6 Å². The van der Waals surface area contributed by atoms with E-state index < -0.39 is 7.82 Å². The number of anilines is 1. The molecule has 4 N–H and O–H groups in total. The van der Waals surface area contributed by atoms with Crippen LogP contribution in [0.1, 0.15) is 49.2 Å². The molecule has 2 aromatic heterocycles. The molecule has 2 aromatic carbocycles. The highest BCUT2D eigenvalue weighted by atomic mass is 127. The van der Waals surface area contributed by atoms with Gasteiger partial charge in [0.2, 0.25) is 0 Å². The van der Waals surface area contributed by atoms with E-state index in [2.05, 4.69) is 39.1 Å². The van der Waals surface area contributed by atoms with Gasteiger partial charge in [0.25, 0.3) is 0 Å². The number of halogens is 1. The van der Waals surface area contributed by atoms with Crippen LogP contribution in [0.3, 0.4) is 0 Å². The van der Waals surface area contributed by atoms with Crippen molar-refractivity contribution in [3.05, 3.63) is 58.9 Å². The summed E-state index contributed by atoms with van der Waals surface area (Å²) < 4.78 is 20.3. The number of aryl methyl sites for hydroxylation is 2. The van der Waals surface area contributed by atoms with Crippen LogP contribution < -0.4 is 10.3 Å². The average Bonchev–Trinajstić information content (AvgIpc) is 3.25. The fourth-order valence-corrected chi connectivity index (χ4v) is 5.54. The van der Waals surface area contributed by atoms with Gasteiger partial charge in [-0.3, -0.25) is 9.79 Å². The number of phosphoric ester groups is 1. The Labute approximate surface area is 240 Å². The molecule has 39 heavy (non-hydrogen) atoms. The van der Waals surface area contributed by atoms with Crippen LogP contribution in [-0.2, 0) is 22.3 Å². The molecule has 0 bridgehead atoms. The zero-order chi connectivity index (χ0) is 28.5. The topological polar surface area (TPSA) is 144 Å². The number of pyridine rings is 1. The van der Waals surface area contributed by atoms with Gasteiger partial charge < -0.3 is 14.8 Å². The smallest absolute Gasteiger partial charge is 0.404 e. The molecule has 4 rings (SSSR count). The third-order valence-corrected chi connectivity index (χ3v) is 7.83. The molecular weight excluding hydrogens is 632 g/mol. The van der Waals surface area contributed by atoms with Crippen LogP contribution in [0.15, 0.2) is 36.4 Å². The first-order valence-corrected chi connectivity index (χ1v) is 15.6. The van der Waals surface area contributed by atoms with E-state index in [0.717, 1.165) is 58.3 Å². The van der Waals surface area contributed by atoms with Gasteiger partial charge in [0.1, 0.15) is 28.6 Å². The van der Waals surface area contributed by atoms with E-state index >= 15 is 0 Å². The molecule has 0 aliphatic heterocycles. The minimum Gasteiger partial charge on any atom is -0.404 e. The lowest BCUT2D eigenvalue weighted by atomic mass is 10.1. The number of fused-ring (bicyclic) bond motifs is 3. The predicted molar refractivity (Wildman–Crippen MR) is 161 cm³/mol. The quantitative estimate of drug-likeness (QED) is 0.0765. The number of benzene rings is 2. The second kappa shape index (κ2) is 11.7. The standard InChI is InChI=1S/C27H31IN5O5P/c1-5-6-7-23-31-25-26(33(23)15-18-8-11-22(16(2)12-18)38-39(35,36)37)20-13-19(9-10-21(20)30-27(25)29)17(3)32(4)24(34)14-28/h8-13,29H,5-7,14-15H2,1-4H3,(H2,35,36,37)/p+1. The Morgan fingerprint density at radius 3 is 2.59 bits per heavy atom. The molecular formula is C27H32IN5O5P+. The second-order valence-corrected chi connectivity index (χ2v) is 11.4. The van der Waals surface area contributed by atoms with Gasteiger partial charge in [-0.1, -0.05) is 48.1 Å². The summed E-state index contributed by atoms with van der Waals surface area (Å²) in [6.45, 7) is 6.25. The summed E-state index contributed by atoms with van der Waals surface area (Å²) in [6, 6.07) is 11.1. The minimum absolute atomic E-state index is 0.0159. The van der Waals surface area contributed by atoms with Gasteiger partial charge in [-0.25, -0.2) is 19.3 Å². The highest BCUT2D eigenvalue weighted by Gasteiger charge is 2.22. The number of hydrogen-bond donors (Lipinski definition) is 3. The van der Waals surface area contributed by atoms with Gasteiger partial charge in [0.15, 0.2) is 11.5 Å². The summed E-state index contributed by atoms with van der Waals surface area (Å²) in [6.07, 6.45) is 2.70. The van der Waals surface area contributed by atoms with E-state index in [0.29, 0.717) is 27.9 Å². The Hall–Kier alpha value is -2.86. The molecule has 4 aromatic rings. The first-order chi connectivity index (χ1) is 18.4. The number of unbranched alkanes of at least 4 members (excludes halogenated alkanes) is 1. The van der Waals surface area contributed by atoms with E-state index in [4.69, 9.17) is 15.2 Å². The molecule has 0 radical (unpaired) electrons. The second-order valence-electron chi connectivity index (χ2n) is 9.50. The predicted octanol–water partition coefficient (Wildman–Crippen LogP) is 4.75. The maximum atomic E-state index is 12.3. The largest absolute Gasteiger partial charge is 0.524 e. The number of hydrogen-bond acceptors (Lipinski definition) is 6. The van der Waals surface area contributed by atoms with Crippen molar-refractivity contribution >= 4 is 69.8 Å². The highest BCUT2D eigenvalue weighted by Crippen LogP contribution is 2.39.